The average Bonchev–Trinajstić information content (AvgIpc) is 2.95. The number of carbonyl (C=O) groups excluding carboxylic acids is 3. The minimum Gasteiger partial charge on any atom is -0.668 e. The molecule has 2 atom stereocenters. The van der Waals surface area contributed by atoms with E-state index in [0.717, 1.165) is 19.3 Å². The zero-order valence-electron chi connectivity index (χ0n) is 27.5. The Morgan fingerprint density at radius 3 is 1.56 bits per heavy atom. The summed E-state index contributed by atoms with van der Waals surface area (Å²) in [6.45, 7) is 12.1. The third kappa shape index (κ3) is 35.2. The molecule has 0 spiro atoms. The quantitative estimate of drug-likeness (QED) is 0.0850. The summed E-state index contributed by atoms with van der Waals surface area (Å²) in [5.74, 6) is -1.83. The van der Waals surface area contributed by atoms with Crippen LogP contribution in [-0.4, -0.2) is 47.3 Å². The van der Waals surface area contributed by atoms with Gasteiger partial charge in [-0.1, -0.05) is 131 Å². The molecule has 0 saturated carbocycles. The van der Waals surface area contributed by atoms with Gasteiger partial charge in [0.2, 0.25) is 11.8 Å². The molecule has 0 rings (SSSR count). The van der Waals surface area contributed by atoms with E-state index in [4.69, 9.17) is 5.73 Å². The first kappa shape index (κ1) is 47.1. The van der Waals surface area contributed by atoms with Crippen molar-refractivity contribution in [2.45, 2.75) is 176 Å². The molecule has 0 aliphatic rings. The van der Waals surface area contributed by atoms with Gasteiger partial charge in [-0.3, -0.25) is 9.59 Å². The number of Topliss-reactive ketones (excluding diaryl/α,β-unsaturated/α-hetero) is 1. The molecule has 0 heterocycles. The fourth-order valence-corrected chi connectivity index (χ4v) is 4.10. The van der Waals surface area contributed by atoms with Crippen LogP contribution in [-0.2, 0) is 51.9 Å². The zero-order chi connectivity index (χ0) is 31.0. The predicted octanol–water partition coefficient (Wildman–Crippen LogP) is 8.16. The van der Waals surface area contributed by atoms with Crippen LogP contribution in [0.3, 0.4) is 0 Å². The third-order valence-corrected chi connectivity index (χ3v) is 6.53. The monoisotopic (exact) mass is 659 g/mol. The van der Waals surface area contributed by atoms with Gasteiger partial charge in [-0.2, -0.15) is 0 Å². The van der Waals surface area contributed by atoms with Crippen LogP contribution in [0.5, 0.6) is 0 Å². The Bertz CT molecular complexity index is 620. The Morgan fingerprint density at radius 2 is 1.12 bits per heavy atom. The van der Waals surface area contributed by atoms with Gasteiger partial charge in [-0.15, -0.1) is 0 Å². The standard InChI is InChI=1S/C28H52N3O5.2C2H6.Y/c1-3-4-5-6-7-8-9-10-11-12-13-14-15-19-27(34)31-25(28(35)36)20-21-26(33)30-22-17-16-18-24(29)23(2)32;2*1-2;/h24-25,29H,3-22H2,1-2H3,(H,30,33)(H,31,34)(H,35,36);2*1-2H3;/q-1;;;/t24?,25-;;;/m0.../s1. The number of unbranched alkanes of at least 4 members (excludes halogenated alkanes) is 13. The number of carboxylic acids is 1. The predicted molar refractivity (Wildman–Crippen MR) is 167 cm³/mol. The Hall–Kier alpha value is -0.856. The molecule has 0 aliphatic carbocycles. The second-order valence-corrected chi connectivity index (χ2v) is 10.00. The van der Waals surface area contributed by atoms with Crippen LogP contribution >= 0.6 is 0 Å². The van der Waals surface area contributed by atoms with Gasteiger partial charge >= 0.3 is 5.97 Å². The van der Waals surface area contributed by atoms with Gasteiger partial charge in [0.1, 0.15) is 11.8 Å². The van der Waals surface area contributed by atoms with Crippen molar-refractivity contribution in [3.8, 4) is 0 Å². The van der Waals surface area contributed by atoms with E-state index in [2.05, 4.69) is 17.6 Å². The molecule has 241 valence electrons. The number of rotatable bonds is 25. The number of hydrogen-bond donors (Lipinski definition) is 3. The largest absolute Gasteiger partial charge is 0.668 e. The molecule has 0 aromatic rings. The first-order valence-corrected chi connectivity index (χ1v) is 16.3. The second kappa shape index (κ2) is 37.2. The van der Waals surface area contributed by atoms with Crippen molar-refractivity contribution in [2.75, 3.05) is 6.54 Å². The Balaban J connectivity index is -0.00000130. The maximum atomic E-state index is 12.1. The van der Waals surface area contributed by atoms with Crippen molar-refractivity contribution < 1.29 is 57.0 Å². The first-order chi connectivity index (χ1) is 19.3. The molecule has 1 unspecified atom stereocenters. The average molecular weight is 660 g/mol. The van der Waals surface area contributed by atoms with E-state index in [0.29, 0.717) is 32.2 Å². The summed E-state index contributed by atoms with van der Waals surface area (Å²) in [5, 5.41) is 14.6. The Kier molecular flexibility index (Phi) is 42.7. The van der Waals surface area contributed by atoms with Crippen molar-refractivity contribution in [3.63, 3.8) is 0 Å². The van der Waals surface area contributed by atoms with Crippen LogP contribution in [0.4, 0.5) is 0 Å². The minimum atomic E-state index is -1.13. The van der Waals surface area contributed by atoms with E-state index in [-0.39, 0.29) is 63.1 Å². The summed E-state index contributed by atoms with van der Waals surface area (Å²) in [5.41, 5.74) is 7.55. The second-order valence-electron chi connectivity index (χ2n) is 10.00. The van der Waals surface area contributed by atoms with E-state index in [1.54, 1.807) is 0 Å². The fourth-order valence-electron chi connectivity index (χ4n) is 4.10. The number of hydrogen-bond acceptors (Lipinski definition) is 4. The molecule has 4 N–H and O–H groups in total. The van der Waals surface area contributed by atoms with E-state index >= 15 is 0 Å². The number of nitrogens with one attached hydrogen (secondary N) is 3. The van der Waals surface area contributed by atoms with Crippen molar-refractivity contribution in [1.29, 1.82) is 0 Å². The number of amides is 2. The van der Waals surface area contributed by atoms with Gasteiger partial charge in [0.05, 0.1) is 0 Å². The number of aliphatic carboxylic acids is 1. The molecule has 9 heteroatoms. The molecule has 0 bridgehead atoms. The van der Waals surface area contributed by atoms with Crippen LogP contribution < -0.4 is 10.6 Å². The fraction of sp³-hybridized carbons (Fsp3) is 0.875. The van der Waals surface area contributed by atoms with Crippen molar-refractivity contribution in [3.05, 3.63) is 5.73 Å². The summed E-state index contributed by atoms with van der Waals surface area (Å²) < 4.78 is 0. The van der Waals surface area contributed by atoms with Gasteiger partial charge < -0.3 is 26.3 Å². The van der Waals surface area contributed by atoms with Crippen molar-refractivity contribution >= 4 is 23.6 Å². The molecule has 0 aliphatic heterocycles. The Morgan fingerprint density at radius 1 is 0.659 bits per heavy atom. The molecule has 0 saturated heterocycles. The van der Waals surface area contributed by atoms with Crippen molar-refractivity contribution in [2.24, 2.45) is 0 Å². The normalized spacial score (nSPS) is 11.4. The molecule has 0 aromatic heterocycles. The molecule has 41 heavy (non-hydrogen) atoms. The van der Waals surface area contributed by atoms with Gasteiger partial charge in [0.25, 0.3) is 0 Å². The summed E-state index contributed by atoms with van der Waals surface area (Å²) >= 11 is 0. The summed E-state index contributed by atoms with van der Waals surface area (Å²) in [4.78, 5) is 46.6. The third-order valence-electron chi connectivity index (χ3n) is 6.53. The minimum absolute atomic E-state index is 0. The van der Waals surface area contributed by atoms with Crippen LogP contribution in [0.2, 0.25) is 0 Å². The van der Waals surface area contributed by atoms with Crippen molar-refractivity contribution in [1.82, 2.24) is 10.6 Å². The van der Waals surface area contributed by atoms with Gasteiger partial charge in [0, 0.05) is 52.1 Å². The topological polar surface area (TPSA) is 136 Å². The SMILES string of the molecule is CC.CC.CCCCCCCCCCCCCCCC(=O)N[C@@H](CCC(=O)NCCCCC([NH-])C(C)=O)C(=O)O.[Y]. The maximum absolute atomic E-state index is 12.1. The smallest absolute Gasteiger partial charge is 0.326 e. The molecular formula is C32H64N3O5Y-. The van der Waals surface area contributed by atoms with Crippen LogP contribution in [0, 0.1) is 0 Å². The van der Waals surface area contributed by atoms with Gasteiger partial charge in [-0.05, 0) is 26.2 Å². The van der Waals surface area contributed by atoms with E-state index in [1.165, 1.54) is 71.1 Å². The number of ketones is 1. The first-order valence-electron chi connectivity index (χ1n) is 16.3. The summed E-state index contributed by atoms with van der Waals surface area (Å²) in [6, 6.07) is -1.77. The van der Waals surface area contributed by atoms with Gasteiger partial charge in [0.15, 0.2) is 0 Å². The van der Waals surface area contributed by atoms with E-state index in [9.17, 15) is 24.3 Å². The van der Waals surface area contributed by atoms with E-state index < -0.39 is 18.1 Å². The maximum Gasteiger partial charge on any atom is 0.326 e. The molecule has 2 amide bonds. The number of carboxylic acid groups (broad SMARTS) is 1. The molecule has 8 nitrogen and oxygen atoms in total. The summed E-state index contributed by atoms with van der Waals surface area (Å²) in [6.07, 6.45) is 18.1. The number of carbonyl (C=O) groups is 4. The summed E-state index contributed by atoms with van der Waals surface area (Å²) in [7, 11) is 0. The van der Waals surface area contributed by atoms with Crippen LogP contribution in [0.25, 0.3) is 5.73 Å². The van der Waals surface area contributed by atoms with E-state index in [1.807, 2.05) is 27.7 Å². The van der Waals surface area contributed by atoms with Crippen LogP contribution in [0.15, 0.2) is 0 Å². The zero-order valence-corrected chi connectivity index (χ0v) is 30.3. The van der Waals surface area contributed by atoms with Gasteiger partial charge in [-0.25, -0.2) is 4.79 Å². The molecular weight excluding hydrogens is 595 g/mol. The van der Waals surface area contributed by atoms with Crippen LogP contribution in [0.1, 0.15) is 164 Å². The molecule has 0 aromatic carbocycles. The molecule has 1 radical (unpaired) electrons. The molecule has 0 fully saturated rings. The Labute approximate surface area is 277 Å².